The van der Waals surface area contributed by atoms with Gasteiger partial charge in [-0.25, -0.2) is 4.98 Å². The average molecular weight is 293 g/mol. The van der Waals surface area contributed by atoms with E-state index in [9.17, 15) is 9.59 Å². The molecule has 2 N–H and O–H groups in total. The molecule has 1 amide bonds. The fraction of sp³-hybridized carbons (Fsp3) is 0.385. The molecule has 0 fully saturated rings. The number of aliphatic carboxylic acids is 1. The minimum atomic E-state index is -0.987. The number of aryl methyl sites for hydroxylation is 1. The number of hydrogen-bond donors (Lipinski definition) is 2. The molecule has 0 spiro atoms. The molecule has 0 saturated heterocycles. The lowest BCUT2D eigenvalue weighted by atomic mass is 10.2. The molecule has 0 saturated carbocycles. The van der Waals surface area contributed by atoms with Crippen LogP contribution in [0.5, 0.6) is 0 Å². The molecule has 21 heavy (non-hydrogen) atoms. The van der Waals surface area contributed by atoms with Gasteiger partial charge < -0.3 is 19.7 Å². The van der Waals surface area contributed by atoms with E-state index in [0.717, 1.165) is 0 Å². The van der Waals surface area contributed by atoms with Crippen molar-refractivity contribution in [3.63, 3.8) is 0 Å². The number of amides is 1. The van der Waals surface area contributed by atoms with Gasteiger partial charge in [-0.3, -0.25) is 9.59 Å². The number of rotatable bonds is 6. The van der Waals surface area contributed by atoms with Gasteiger partial charge >= 0.3 is 5.97 Å². The molecule has 2 aromatic heterocycles. The molecule has 0 aliphatic heterocycles. The number of methoxy groups -OCH3 is 1. The van der Waals surface area contributed by atoms with Gasteiger partial charge in [-0.2, -0.15) is 0 Å². The van der Waals surface area contributed by atoms with Crippen LogP contribution < -0.4 is 5.32 Å². The zero-order valence-electron chi connectivity index (χ0n) is 11.6. The number of fused-ring (bicyclic) bond motifs is 1. The summed E-state index contributed by atoms with van der Waals surface area (Å²) in [6, 6.07) is 1.63. The van der Waals surface area contributed by atoms with E-state index in [2.05, 4.69) is 15.5 Å². The molecule has 112 valence electrons. The maximum Gasteiger partial charge on any atom is 0.306 e. The first-order chi connectivity index (χ1) is 10.0. The number of carboxylic acid groups (broad SMARTS) is 1. The summed E-state index contributed by atoms with van der Waals surface area (Å²) in [6.07, 6.45) is 0.612. The van der Waals surface area contributed by atoms with Crippen molar-refractivity contribution in [3.8, 4) is 0 Å². The molecular weight excluding hydrogens is 278 g/mol. The summed E-state index contributed by atoms with van der Waals surface area (Å²) < 4.78 is 9.95. The highest BCUT2D eigenvalue weighted by molar-refractivity contribution is 5.96. The fourth-order valence-electron chi connectivity index (χ4n) is 1.81. The third-order valence-corrected chi connectivity index (χ3v) is 3.00. The van der Waals surface area contributed by atoms with Crippen LogP contribution in [-0.2, 0) is 9.53 Å². The minimum Gasteiger partial charge on any atom is -0.481 e. The zero-order valence-corrected chi connectivity index (χ0v) is 11.6. The lowest BCUT2D eigenvalue weighted by Gasteiger charge is -2.13. The Morgan fingerprint density at radius 1 is 1.52 bits per heavy atom. The standard InChI is InChI=1S/C13H15N3O5/c1-7-10-3-8(5-15-13(10)21-16-7)12(19)14-6-9(20-2)4-11(17)18/h3,5,9H,4,6H2,1-2H3,(H,14,19)(H,17,18). The highest BCUT2D eigenvalue weighted by Gasteiger charge is 2.15. The molecule has 1 unspecified atom stereocenters. The second-order valence-electron chi connectivity index (χ2n) is 4.51. The van der Waals surface area contributed by atoms with Crippen LogP contribution >= 0.6 is 0 Å². The van der Waals surface area contributed by atoms with E-state index in [-0.39, 0.29) is 18.9 Å². The Bertz CT molecular complexity index is 667. The van der Waals surface area contributed by atoms with E-state index in [1.165, 1.54) is 13.3 Å². The number of nitrogens with zero attached hydrogens (tertiary/aromatic N) is 2. The summed E-state index contributed by atoms with van der Waals surface area (Å²) in [5.74, 6) is -1.35. The van der Waals surface area contributed by atoms with Crippen molar-refractivity contribution in [2.75, 3.05) is 13.7 Å². The molecule has 2 rings (SSSR count). The van der Waals surface area contributed by atoms with Gasteiger partial charge in [0, 0.05) is 19.9 Å². The van der Waals surface area contributed by atoms with Crippen molar-refractivity contribution in [1.29, 1.82) is 0 Å². The quantitative estimate of drug-likeness (QED) is 0.807. The van der Waals surface area contributed by atoms with E-state index < -0.39 is 12.1 Å². The molecule has 0 bridgehead atoms. The summed E-state index contributed by atoms with van der Waals surface area (Å²) in [6.45, 7) is 1.85. The van der Waals surface area contributed by atoms with E-state index in [1.807, 2.05) is 0 Å². The SMILES string of the molecule is COC(CNC(=O)c1cnc2onc(C)c2c1)CC(=O)O. The Hall–Kier alpha value is -2.48. The van der Waals surface area contributed by atoms with Crippen LogP contribution in [0.15, 0.2) is 16.8 Å². The number of hydrogen-bond acceptors (Lipinski definition) is 6. The lowest BCUT2D eigenvalue weighted by molar-refractivity contribution is -0.139. The van der Waals surface area contributed by atoms with Crippen molar-refractivity contribution in [1.82, 2.24) is 15.5 Å². The number of carbonyl (C=O) groups excluding carboxylic acids is 1. The molecule has 0 aromatic carbocycles. The maximum absolute atomic E-state index is 12.0. The van der Waals surface area contributed by atoms with Gasteiger partial charge in [0.25, 0.3) is 11.6 Å². The topological polar surface area (TPSA) is 115 Å². The molecule has 1 atom stereocenters. The summed E-state index contributed by atoms with van der Waals surface area (Å²) in [4.78, 5) is 26.6. The lowest BCUT2D eigenvalue weighted by Crippen LogP contribution is -2.34. The average Bonchev–Trinajstić information content (AvgIpc) is 2.83. The number of aromatic nitrogens is 2. The molecular formula is C13H15N3O5. The van der Waals surface area contributed by atoms with E-state index in [1.54, 1.807) is 13.0 Å². The first kappa shape index (κ1) is 14.9. The summed E-state index contributed by atoms with van der Waals surface area (Å²) in [5, 5.41) is 15.7. The Labute approximate surface area is 120 Å². The Morgan fingerprint density at radius 2 is 2.29 bits per heavy atom. The van der Waals surface area contributed by atoms with Crippen molar-refractivity contribution >= 4 is 23.0 Å². The van der Waals surface area contributed by atoms with Crippen LogP contribution in [0.4, 0.5) is 0 Å². The first-order valence-corrected chi connectivity index (χ1v) is 6.26. The van der Waals surface area contributed by atoms with Gasteiger partial charge in [-0.05, 0) is 13.0 Å². The molecule has 2 aromatic rings. The van der Waals surface area contributed by atoms with Crippen LogP contribution in [0.25, 0.3) is 11.1 Å². The number of pyridine rings is 1. The minimum absolute atomic E-state index is 0.0995. The second-order valence-corrected chi connectivity index (χ2v) is 4.51. The number of nitrogens with one attached hydrogen (secondary N) is 1. The highest BCUT2D eigenvalue weighted by Crippen LogP contribution is 2.16. The Balaban J connectivity index is 2.04. The van der Waals surface area contributed by atoms with Crippen molar-refractivity contribution in [2.24, 2.45) is 0 Å². The van der Waals surface area contributed by atoms with Gasteiger partial charge in [0.1, 0.15) is 0 Å². The van der Waals surface area contributed by atoms with Crippen LogP contribution in [0.3, 0.4) is 0 Å². The third kappa shape index (κ3) is 3.54. The van der Waals surface area contributed by atoms with Crippen molar-refractivity contribution < 1.29 is 24.0 Å². The molecule has 0 radical (unpaired) electrons. The summed E-state index contributed by atoms with van der Waals surface area (Å²) in [5.41, 5.74) is 1.36. The number of carbonyl (C=O) groups is 2. The second kappa shape index (κ2) is 6.31. The van der Waals surface area contributed by atoms with E-state index in [4.69, 9.17) is 14.4 Å². The van der Waals surface area contributed by atoms with Crippen LogP contribution in [0, 0.1) is 6.92 Å². The van der Waals surface area contributed by atoms with Crippen molar-refractivity contribution in [3.05, 3.63) is 23.5 Å². The van der Waals surface area contributed by atoms with Gasteiger partial charge in [0.2, 0.25) is 0 Å². The Kier molecular flexibility index (Phi) is 4.49. The monoisotopic (exact) mass is 293 g/mol. The van der Waals surface area contributed by atoms with Crippen LogP contribution in [0.2, 0.25) is 0 Å². The molecule has 8 nitrogen and oxygen atoms in total. The zero-order chi connectivity index (χ0) is 15.4. The number of ether oxygens (including phenoxy) is 1. The Morgan fingerprint density at radius 3 is 2.95 bits per heavy atom. The summed E-state index contributed by atoms with van der Waals surface area (Å²) >= 11 is 0. The largest absolute Gasteiger partial charge is 0.481 e. The van der Waals surface area contributed by atoms with Crippen LogP contribution in [-0.4, -0.2) is 46.9 Å². The molecule has 0 aliphatic carbocycles. The van der Waals surface area contributed by atoms with Gasteiger partial charge in [0.05, 0.1) is 29.2 Å². The van der Waals surface area contributed by atoms with E-state index >= 15 is 0 Å². The van der Waals surface area contributed by atoms with Crippen molar-refractivity contribution in [2.45, 2.75) is 19.4 Å². The predicted octanol–water partition coefficient (Wildman–Crippen LogP) is 0.751. The smallest absolute Gasteiger partial charge is 0.306 e. The van der Waals surface area contributed by atoms with Crippen LogP contribution in [0.1, 0.15) is 22.5 Å². The predicted molar refractivity (Wildman–Crippen MR) is 71.9 cm³/mol. The van der Waals surface area contributed by atoms with Gasteiger partial charge in [0.15, 0.2) is 0 Å². The normalized spacial score (nSPS) is 12.3. The van der Waals surface area contributed by atoms with E-state index in [0.29, 0.717) is 22.4 Å². The molecule has 2 heterocycles. The maximum atomic E-state index is 12.0. The summed E-state index contributed by atoms with van der Waals surface area (Å²) in [7, 11) is 1.40. The van der Waals surface area contributed by atoms with Gasteiger partial charge in [-0.15, -0.1) is 0 Å². The van der Waals surface area contributed by atoms with Gasteiger partial charge in [-0.1, -0.05) is 5.16 Å². The molecule has 8 heteroatoms. The third-order valence-electron chi connectivity index (χ3n) is 3.00. The number of carboxylic acids is 1. The first-order valence-electron chi connectivity index (χ1n) is 6.26. The fourth-order valence-corrected chi connectivity index (χ4v) is 1.81. The highest BCUT2D eigenvalue weighted by atomic mass is 16.5. The molecule has 0 aliphatic rings.